The number of aromatic nitrogens is 3. The first-order chi connectivity index (χ1) is 11.8. The van der Waals surface area contributed by atoms with Crippen molar-refractivity contribution in [3.05, 3.63) is 59.7 Å². The van der Waals surface area contributed by atoms with Crippen molar-refractivity contribution < 1.29 is 27.1 Å². The fourth-order valence-electron chi connectivity index (χ4n) is 2.16. The Bertz CT molecular complexity index is 923. The highest BCUT2D eigenvalue weighted by Crippen LogP contribution is 2.24. The van der Waals surface area contributed by atoms with Crippen LogP contribution in [0.25, 0.3) is 5.52 Å². The van der Waals surface area contributed by atoms with Gasteiger partial charge in [0.25, 0.3) is 5.91 Å². The Kier molecular flexibility index (Phi) is 4.26. The minimum absolute atomic E-state index is 0.0212. The molecule has 0 aliphatic rings. The number of halogens is 4. The van der Waals surface area contributed by atoms with E-state index < -0.39 is 29.4 Å². The molecule has 10 heteroatoms. The van der Waals surface area contributed by atoms with Crippen LogP contribution >= 0.6 is 0 Å². The molecule has 0 aliphatic heterocycles. The average molecular weight is 354 g/mol. The maximum atomic E-state index is 13.9. The lowest BCUT2D eigenvalue weighted by Gasteiger charge is -2.10. The summed E-state index contributed by atoms with van der Waals surface area (Å²) in [5, 5.41) is 10.2. The summed E-state index contributed by atoms with van der Waals surface area (Å²) in [5.74, 6) is -2.67. The van der Waals surface area contributed by atoms with Crippen LogP contribution in [0.3, 0.4) is 0 Å². The summed E-state index contributed by atoms with van der Waals surface area (Å²) in [6.45, 7) is -0.0212. The van der Waals surface area contributed by atoms with Crippen LogP contribution in [0.15, 0.2) is 42.6 Å². The van der Waals surface area contributed by atoms with Crippen molar-refractivity contribution in [3.63, 3.8) is 0 Å². The molecule has 0 spiro atoms. The zero-order chi connectivity index (χ0) is 18.0. The van der Waals surface area contributed by atoms with Crippen molar-refractivity contribution >= 4 is 11.4 Å². The van der Waals surface area contributed by atoms with Crippen molar-refractivity contribution in [1.82, 2.24) is 20.1 Å². The second-order valence-corrected chi connectivity index (χ2v) is 4.94. The Morgan fingerprint density at radius 1 is 1.24 bits per heavy atom. The molecule has 1 aromatic carbocycles. The van der Waals surface area contributed by atoms with Gasteiger partial charge in [0.05, 0.1) is 17.6 Å². The molecule has 0 aliphatic carbocycles. The smallest absolute Gasteiger partial charge is 0.406 e. The fraction of sp³-hybridized carbons (Fsp3) is 0.133. The maximum absolute atomic E-state index is 13.9. The second-order valence-electron chi connectivity index (χ2n) is 4.94. The lowest BCUT2D eigenvalue weighted by molar-refractivity contribution is -0.274. The Balaban J connectivity index is 1.71. The number of hydrogen-bond acceptors (Lipinski definition) is 4. The summed E-state index contributed by atoms with van der Waals surface area (Å²) >= 11 is 0. The maximum Gasteiger partial charge on any atom is 0.573 e. The third kappa shape index (κ3) is 3.84. The number of nitrogens with zero attached hydrogens (tertiary/aromatic N) is 3. The lowest BCUT2D eigenvalue weighted by atomic mass is 10.2. The molecule has 3 aromatic rings. The van der Waals surface area contributed by atoms with Crippen molar-refractivity contribution in [2.24, 2.45) is 0 Å². The molecule has 25 heavy (non-hydrogen) atoms. The monoisotopic (exact) mass is 354 g/mol. The number of carbonyl (C=O) groups excluding carboxylic acids is 1. The minimum atomic E-state index is -4.94. The molecular weight excluding hydrogens is 344 g/mol. The summed E-state index contributed by atoms with van der Waals surface area (Å²) in [6.07, 6.45) is -3.27. The van der Waals surface area contributed by atoms with E-state index in [9.17, 15) is 22.4 Å². The predicted molar refractivity (Wildman–Crippen MR) is 77.2 cm³/mol. The highest BCUT2D eigenvalue weighted by molar-refractivity contribution is 5.94. The van der Waals surface area contributed by atoms with Gasteiger partial charge in [0.15, 0.2) is 0 Å². The normalized spacial score (nSPS) is 11.5. The molecule has 0 saturated carbocycles. The highest BCUT2D eigenvalue weighted by atomic mass is 19.4. The summed E-state index contributed by atoms with van der Waals surface area (Å²) in [4.78, 5) is 12.0. The summed E-state index contributed by atoms with van der Waals surface area (Å²) in [6, 6.07) is 7.53. The molecule has 2 aromatic heterocycles. The number of ether oxygens (including phenoxy) is 1. The number of rotatable bonds is 4. The molecule has 2 heterocycles. The van der Waals surface area contributed by atoms with Gasteiger partial charge in [-0.05, 0) is 24.3 Å². The first-order valence-corrected chi connectivity index (χ1v) is 6.96. The number of alkyl halides is 3. The fourth-order valence-corrected chi connectivity index (χ4v) is 2.16. The van der Waals surface area contributed by atoms with E-state index in [2.05, 4.69) is 20.4 Å². The first-order valence-electron chi connectivity index (χ1n) is 6.96. The van der Waals surface area contributed by atoms with Crippen LogP contribution in [-0.2, 0) is 6.54 Å². The molecule has 0 bridgehead atoms. The van der Waals surface area contributed by atoms with E-state index in [1.807, 2.05) is 0 Å². The molecule has 6 nitrogen and oxygen atoms in total. The zero-order valence-corrected chi connectivity index (χ0v) is 12.4. The number of carbonyl (C=O) groups is 1. The van der Waals surface area contributed by atoms with Crippen molar-refractivity contribution in [2.45, 2.75) is 12.9 Å². The van der Waals surface area contributed by atoms with Crippen LogP contribution < -0.4 is 10.1 Å². The van der Waals surface area contributed by atoms with E-state index in [-0.39, 0.29) is 6.54 Å². The van der Waals surface area contributed by atoms with Crippen LogP contribution in [0.4, 0.5) is 17.6 Å². The number of nitrogens with one attached hydrogen (secondary N) is 1. The molecule has 1 amide bonds. The Labute approximate surface area is 138 Å². The first kappa shape index (κ1) is 16.7. The topological polar surface area (TPSA) is 68.5 Å². The van der Waals surface area contributed by atoms with E-state index >= 15 is 0 Å². The quantitative estimate of drug-likeness (QED) is 0.732. The van der Waals surface area contributed by atoms with Gasteiger partial charge < -0.3 is 10.1 Å². The summed E-state index contributed by atoms with van der Waals surface area (Å²) in [7, 11) is 0. The Morgan fingerprint density at radius 2 is 2.04 bits per heavy atom. The molecule has 0 fully saturated rings. The van der Waals surface area contributed by atoms with E-state index in [1.54, 1.807) is 24.4 Å². The lowest BCUT2D eigenvalue weighted by Crippen LogP contribution is -2.24. The molecular formula is C15H10F4N4O2. The standard InChI is InChI=1S/C15H10F4N4O2/c16-11-7-9(25-15(17,18)19)4-5-10(11)14(24)20-8-12-13-3-1-2-6-23(13)22-21-12/h1-7H,8H2,(H,20,24). The number of hydrogen-bond donors (Lipinski definition) is 1. The van der Waals surface area contributed by atoms with Crippen molar-refractivity contribution in [3.8, 4) is 5.75 Å². The molecule has 3 rings (SSSR count). The van der Waals surface area contributed by atoms with Gasteiger partial charge in [-0.3, -0.25) is 4.79 Å². The van der Waals surface area contributed by atoms with Crippen LogP contribution in [0, 0.1) is 5.82 Å². The largest absolute Gasteiger partial charge is 0.573 e. The van der Waals surface area contributed by atoms with Gasteiger partial charge in [-0.1, -0.05) is 11.3 Å². The number of benzene rings is 1. The third-order valence-electron chi connectivity index (χ3n) is 3.23. The Hall–Kier alpha value is -3.17. The summed E-state index contributed by atoms with van der Waals surface area (Å²) in [5.41, 5.74) is 0.717. The van der Waals surface area contributed by atoms with Gasteiger partial charge in [0.2, 0.25) is 0 Å². The van der Waals surface area contributed by atoms with Gasteiger partial charge in [-0.2, -0.15) is 0 Å². The number of amides is 1. The minimum Gasteiger partial charge on any atom is -0.406 e. The average Bonchev–Trinajstić information content (AvgIpc) is 2.94. The van der Waals surface area contributed by atoms with Crippen LogP contribution in [-0.4, -0.2) is 27.1 Å². The summed E-state index contributed by atoms with van der Waals surface area (Å²) < 4.78 is 55.2. The van der Waals surface area contributed by atoms with Gasteiger partial charge in [0, 0.05) is 12.3 Å². The van der Waals surface area contributed by atoms with Crippen molar-refractivity contribution in [1.29, 1.82) is 0 Å². The van der Waals surface area contributed by atoms with Gasteiger partial charge in [-0.25, -0.2) is 8.91 Å². The van der Waals surface area contributed by atoms with E-state index in [0.717, 1.165) is 12.1 Å². The van der Waals surface area contributed by atoms with Gasteiger partial charge >= 0.3 is 6.36 Å². The van der Waals surface area contributed by atoms with Crippen LogP contribution in [0.1, 0.15) is 16.1 Å². The molecule has 0 atom stereocenters. The molecule has 0 saturated heterocycles. The third-order valence-corrected chi connectivity index (χ3v) is 3.23. The molecule has 130 valence electrons. The zero-order valence-electron chi connectivity index (χ0n) is 12.4. The molecule has 0 unspecified atom stereocenters. The van der Waals surface area contributed by atoms with E-state index in [0.29, 0.717) is 17.3 Å². The number of pyridine rings is 1. The highest BCUT2D eigenvalue weighted by Gasteiger charge is 2.31. The van der Waals surface area contributed by atoms with Gasteiger partial charge in [-0.15, -0.1) is 18.3 Å². The molecule has 0 radical (unpaired) electrons. The van der Waals surface area contributed by atoms with Gasteiger partial charge in [0.1, 0.15) is 17.3 Å². The number of fused-ring (bicyclic) bond motifs is 1. The van der Waals surface area contributed by atoms with Crippen molar-refractivity contribution in [2.75, 3.05) is 0 Å². The Morgan fingerprint density at radius 3 is 2.76 bits per heavy atom. The SMILES string of the molecule is O=C(NCc1nnn2ccccc12)c1ccc(OC(F)(F)F)cc1F. The van der Waals surface area contributed by atoms with E-state index in [1.165, 1.54) is 4.52 Å². The van der Waals surface area contributed by atoms with Crippen LogP contribution in [0.2, 0.25) is 0 Å². The van der Waals surface area contributed by atoms with E-state index in [4.69, 9.17) is 0 Å². The molecule has 1 N–H and O–H groups in total. The second kappa shape index (κ2) is 6.38. The predicted octanol–water partition coefficient (Wildman–Crippen LogP) is 2.70. The van der Waals surface area contributed by atoms with Crippen LogP contribution in [0.5, 0.6) is 5.75 Å².